The molecule has 0 spiro atoms. The van der Waals surface area contributed by atoms with Gasteiger partial charge in [0.1, 0.15) is 5.69 Å². The van der Waals surface area contributed by atoms with Gasteiger partial charge < -0.3 is 20.1 Å². The number of hydrogen-bond donors (Lipinski definition) is 2. The van der Waals surface area contributed by atoms with E-state index in [4.69, 9.17) is 21.1 Å². The molecule has 3 aromatic rings. The van der Waals surface area contributed by atoms with Crippen molar-refractivity contribution >= 4 is 34.8 Å². The van der Waals surface area contributed by atoms with Gasteiger partial charge in [-0.1, -0.05) is 11.6 Å². The van der Waals surface area contributed by atoms with Gasteiger partial charge in [0.05, 0.1) is 14.2 Å². The minimum Gasteiger partial charge on any atom is -0.493 e. The number of hydrogen-bond acceptors (Lipinski definition) is 6. The lowest BCUT2D eigenvalue weighted by molar-refractivity contribution is 0.102. The van der Waals surface area contributed by atoms with Gasteiger partial charge in [0.15, 0.2) is 11.5 Å². The Balaban J connectivity index is 1.81. The van der Waals surface area contributed by atoms with Gasteiger partial charge in [-0.15, -0.1) is 0 Å². The van der Waals surface area contributed by atoms with E-state index in [2.05, 4.69) is 20.6 Å². The fraction of sp³-hybridized carbons (Fsp3) is 0.150. The average molecular weight is 399 g/mol. The Hall–Kier alpha value is -3.32. The molecule has 2 aromatic carbocycles. The number of nitrogens with one attached hydrogen (secondary N) is 2. The monoisotopic (exact) mass is 398 g/mol. The molecule has 1 aromatic heterocycles. The molecule has 0 aliphatic rings. The zero-order valence-corrected chi connectivity index (χ0v) is 16.4. The third kappa shape index (κ3) is 4.69. The predicted octanol–water partition coefficient (Wildman–Crippen LogP) is 4.45. The third-order valence-corrected chi connectivity index (χ3v) is 4.08. The number of ether oxygens (including phenoxy) is 2. The van der Waals surface area contributed by atoms with Crippen molar-refractivity contribution in [2.75, 3.05) is 24.9 Å². The van der Waals surface area contributed by atoms with E-state index in [0.29, 0.717) is 39.5 Å². The maximum Gasteiger partial charge on any atom is 0.274 e. The van der Waals surface area contributed by atoms with Crippen LogP contribution in [0.2, 0.25) is 5.02 Å². The van der Waals surface area contributed by atoms with Crippen LogP contribution in [0.3, 0.4) is 0 Å². The summed E-state index contributed by atoms with van der Waals surface area (Å²) in [5.41, 5.74) is 2.22. The normalized spacial score (nSPS) is 10.3. The number of aromatic nitrogens is 2. The number of halogens is 1. The Morgan fingerprint density at radius 2 is 1.61 bits per heavy atom. The van der Waals surface area contributed by atoms with E-state index >= 15 is 0 Å². The zero-order valence-electron chi connectivity index (χ0n) is 15.6. The molecule has 0 fully saturated rings. The lowest BCUT2D eigenvalue weighted by Crippen LogP contribution is -2.15. The minimum absolute atomic E-state index is 0.241. The molecule has 0 saturated heterocycles. The first kappa shape index (κ1) is 19.4. The van der Waals surface area contributed by atoms with Gasteiger partial charge in [-0.05, 0) is 49.4 Å². The van der Waals surface area contributed by atoms with Crippen molar-refractivity contribution < 1.29 is 14.3 Å². The number of benzene rings is 2. The molecule has 144 valence electrons. The summed E-state index contributed by atoms with van der Waals surface area (Å²) in [4.78, 5) is 21.2. The smallest absolute Gasteiger partial charge is 0.274 e. The SMILES string of the molecule is COc1ccc(Nc2nc(C)cc(C(=O)Nc3ccc(Cl)cc3)n2)cc1OC. The summed E-state index contributed by atoms with van der Waals surface area (Å²) in [5, 5.41) is 6.46. The quantitative estimate of drug-likeness (QED) is 0.638. The summed E-state index contributed by atoms with van der Waals surface area (Å²) >= 11 is 5.87. The maximum atomic E-state index is 12.5. The molecule has 0 radical (unpaired) electrons. The minimum atomic E-state index is -0.344. The molecule has 0 aliphatic heterocycles. The van der Waals surface area contributed by atoms with Crippen LogP contribution >= 0.6 is 11.6 Å². The molecule has 28 heavy (non-hydrogen) atoms. The lowest BCUT2D eigenvalue weighted by Gasteiger charge is -2.11. The van der Waals surface area contributed by atoms with Gasteiger partial charge in [0, 0.05) is 28.2 Å². The molecule has 7 nitrogen and oxygen atoms in total. The van der Waals surface area contributed by atoms with Crippen molar-refractivity contribution in [2.24, 2.45) is 0 Å². The lowest BCUT2D eigenvalue weighted by atomic mass is 10.2. The molecule has 8 heteroatoms. The predicted molar refractivity (Wildman–Crippen MR) is 109 cm³/mol. The Morgan fingerprint density at radius 3 is 2.29 bits per heavy atom. The first-order valence-electron chi connectivity index (χ1n) is 8.40. The fourth-order valence-corrected chi connectivity index (χ4v) is 2.64. The molecule has 1 amide bonds. The first-order chi connectivity index (χ1) is 13.5. The van der Waals surface area contributed by atoms with Crippen molar-refractivity contribution in [3.8, 4) is 11.5 Å². The van der Waals surface area contributed by atoms with E-state index in [1.807, 2.05) is 0 Å². The van der Waals surface area contributed by atoms with Crippen molar-refractivity contribution in [2.45, 2.75) is 6.92 Å². The van der Waals surface area contributed by atoms with Crippen LogP contribution in [0.4, 0.5) is 17.3 Å². The van der Waals surface area contributed by atoms with Crippen molar-refractivity contribution in [3.05, 3.63) is 64.9 Å². The first-order valence-corrected chi connectivity index (χ1v) is 8.78. The molecular weight excluding hydrogens is 380 g/mol. The number of amides is 1. The molecule has 0 atom stereocenters. The summed E-state index contributed by atoms with van der Waals surface area (Å²) in [6, 6.07) is 13.8. The number of methoxy groups -OCH3 is 2. The Kier molecular flexibility index (Phi) is 5.96. The second-order valence-corrected chi connectivity index (χ2v) is 6.31. The second kappa shape index (κ2) is 8.58. The topological polar surface area (TPSA) is 85.4 Å². The number of aryl methyl sites for hydroxylation is 1. The molecule has 0 unspecified atom stereocenters. The molecular formula is C20H19ClN4O3. The van der Waals surface area contributed by atoms with Crippen LogP contribution in [0.15, 0.2) is 48.5 Å². The molecule has 0 bridgehead atoms. The molecule has 2 N–H and O–H groups in total. The largest absolute Gasteiger partial charge is 0.493 e. The summed E-state index contributed by atoms with van der Waals surface area (Å²) in [6.45, 7) is 1.79. The van der Waals surface area contributed by atoms with Gasteiger partial charge in [-0.25, -0.2) is 9.97 Å². The van der Waals surface area contributed by atoms with Crippen molar-refractivity contribution in [1.82, 2.24) is 9.97 Å². The second-order valence-electron chi connectivity index (χ2n) is 5.87. The zero-order chi connectivity index (χ0) is 20.1. The number of carbonyl (C=O) groups is 1. The average Bonchev–Trinajstić information content (AvgIpc) is 2.69. The fourth-order valence-electron chi connectivity index (χ4n) is 2.51. The molecule has 0 saturated carbocycles. The summed E-state index contributed by atoms with van der Waals surface area (Å²) in [5.74, 6) is 1.14. The van der Waals surface area contributed by atoms with Gasteiger partial charge in [-0.3, -0.25) is 4.79 Å². The number of nitrogens with zero attached hydrogens (tertiary/aromatic N) is 2. The third-order valence-electron chi connectivity index (χ3n) is 3.83. The highest BCUT2D eigenvalue weighted by atomic mass is 35.5. The van der Waals surface area contributed by atoms with Crippen LogP contribution in [-0.2, 0) is 0 Å². The number of carbonyl (C=O) groups excluding carboxylic acids is 1. The Bertz CT molecular complexity index is 993. The van der Waals surface area contributed by atoms with Crippen LogP contribution < -0.4 is 20.1 Å². The van der Waals surface area contributed by atoms with Crippen LogP contribution in [0.5, 0.6) is 11.5 Å². The van der Waals surface area contributed by atoms with E-state index in [9.17, 15) is 4.79 Å². The van der Waals surface area contributed by atoms with Gasteiger partial charge in [0.25, 0.3) is 5.91 Å². The number of anilines is 3. The van der Waals surface area contributed by atoms with Crippen molar-refractivity contribution in [1.29, 1.82) is 0 Å². The Labute approximate surface area is 167 Å². The molecule has 1 heterocycles. The summed E-state index contributed by atoms with van der Waals surface area (Å²) in [7, 11) is 3.13. The highest BCUT2D eigenvalue weighted by Gasteiger charge is 2.12. The Morgan fingerprint density at radius 1 is 0.929 bits per heavy atom. The highest BCUT2D eigenvalue weighted by molar-refractivity contribution is 6.30. The summed E-state index contributed by atoms with van der Waals surface area (Å²) in [6.07, 6.45) is 0. The van der Waals surface area contributed by atoms with Crippen molar-refractivity contribution in [3.63, 3.8) is 0 Å². The van der Waals surface area contributed by atoms with E-state index in [1.165, 1.54) is 0 Å². The molecule has 0 aliphatic carbocycles. The van der Waals surface area contributed by atoms with Crippen LogP contribution in [0.1, 0.15) is 16.2 Å². The van der Waals surface area contributed by atoms with Gasteiger partial charge >= 0.3 is 0 Å². The van der Waals surface area contributed by atoms with Crippen LogP contribution in [0.25, 0.3) is 0 Å². The number of rotatable bonds is 6. The summed E-state index contributed by atoms with van der Waals surface area (Å²) < 4.78 is 10.5. The van der Waals surface area contributed by atoms with Gasteiger partial charge in [0.2, 0.25) is 5.95 Å². The van der Waals surface area contributed by atoms with Crippen LogP contribution in [0, 0.1) is 6.92 Å². The van der Waals surface area contributed by atoms with Gasteiger partial charge in [-0.2, -0.15) is 0 Å². The maximum absolute atomic E-state index is 12.5. The molecule has 3 rings (SSSR count). The van der Waals surface area contributed by atoms with Crippen LogP contribution in [-0.4, -0.2) is 30.1 Å². The standard InChI is InChI=1S/C20H19ClN4O3/c1-12-10-16(19(26)23-14-6-4-13(21)5-7-14)25-20(22-12)24-15-8-9-17(27-2)18(11-15)28-3/h4-11H,1-3H3,(H,23,26)(H,22,24,25). The van der Waals surface area contributed by atoms with E-state index in [0.717, 1.165) is 0 Å². The van der Waals surface area contributed by atoms with E-state index in [1.54, 1.807) is 69.7 Å². The van der Waals surface area contributed by atoms with E-state index in [-0.39, 0.29) is 11.6 Å². The van der Waals surface area contributed by atoms with E-state index < -0.39 is 0 Å². The highest BCUT2D eigenvalue weighted by Crippen LogP contribution is 2.30.